The van der Waals surface area contributed by atoms with E-state index >= 15 is 0 Å². The molecular weight excluding hydrogens is 248 g/mol. The van der Waals surface area contributed by atoms with Crippen molar-refractivity contribution in [2.24, 2.45) is 0 Å². The summed E-state index contributed by atoms with van der Waals surface area (Å²) in [5.74, 6) is 0.878. The van der Waals surface area contributed by atoms with Gasteiger partial charge in [-0.3, -0.25) is 0 Å². The Morgan fingerprint density at radius 1 is 1.00 bits per heavy atom. The maximum absolute atomic E-state index is 4.29. The minimum atomic E-state index is 0.878. The van der Waals surface area contributed by atoms with Gasteiger partial charge in [-0.25, -0.2) is 4.98 Å². The molecule has 1 aliphatic rings. The zero-order valence-corrected chi connectivity index (χ0v) is 11.8. The van der Waals surface area contributed by atoms with Gasteiger partial charge in [0.2, 0.25) is 0 Å². The van der Waals surface area contributed by atoms with Crippen LogP contribution in [0.4, 0.5) is 17.2 Å². The second-order valence-corrected chi connectivity index (χ2v) is 5.18. The van der Waals surface area contributed by atoms with Gasteiger partial charge in [-0.2, -0.15) is 0 Å². The van der Waals surface area contributed by atoms with Gasteiger partial charge in [-0.05, 0) is 37.4 Å². The first-order chi connectivity index (χ1) is 9.81. The summed E-state index contributed by atoms with van der Waals surface area (Å²) < 4.78 is 0. The highest BCUT2D eigenvalue weighted by Gasteiger charge is 2.14. The average molecular weight is 268 g/mol. The molecule has 1 saturated heterocycles. The van der Waals surface area contributed by atoms with Crippen LogP contribution in [0, 0.1) is 0 Å². The molecule has 0 bridgehead atoms. The second-order valence-electron chi connectivity index (χ2n) is 5.18. The predicted octanol–water partition coefficient (Wildman–Crippen LogP) is 2.58. The Kier molecular flexibility index (Phi) is 3.83. The standard InChI is InChI=1S/C16H20N4/c1-19-9-11-20(12-10-19)15-6-4-5-14(13-15)18-16-7-2-3-8-17-16/h2-8,13H,9-12H2,1H3,(H,17,18). The van der Waals surface area contributed by atoms with Crippen molar-refractivity contribution in [3.8, 4) is 0 Å². The summed E-state index contributed by atoms with van der Waals surface area (Å²) in [7, 11) is 2.18. The number of likely N-dealkylation sites (N-methyl/N-ethyl adjacent to an activating group) is 1. The lowest BCUT2D eigenvalue weighted by Crippen LogP contribution is -2.44. The number of aromatic nitrogens is 1. The van der Waals surface area contributed by atoms with Crippen molar-refractivity contribution >= 4 is 17.2 Å². The number of hydrogen-bond donors (Lipinski definition) is 1. The molecule has 1 fully saturated rings. The van der Waals surface area contributed by atoms with Gasteiger partial charge in [0.25, 0.3) is 0 Å². The third kappa shape index (κ3) is 3.08. The molecule has 104 valence electrons. The number of benzene rings is 1. The molecule has 0 amide bonds. The Hall–Kier alpha value is -2.07. The summed E-state index contributed by atoms with van der Waals surface area (Å²) in [6.45, 7) is 4.42. The Morgan fingerprint density at radius 3 is 2.60 bits per heavy atom. The first kappa shape index (κ1) is 12.9. The number of hydrogen-bond acceptors (Lipinski definition) is 4. The third-order valence-electron chi connectivity index (χ3n) is 3.65. The molecule has 3 rings (SSSR count). The first-order valence-electron chi connectivity index (χ1n) is 7.03. The minimum Gasteiger partial charge on any atom is -0.369 e. The molecule has 0 unspecified atom stereocenters. The Labute approximate surface area is 120 Å². The maximum Gasteiger partial charge on any atom is 0.130 e. The van der Waals surface area contributed by atoms with Crippen LogP contribution in [0.3, 0.4) is 0 Å². The predicted molar refractivity (Wildman–Crippen MR) is 83.7 cm³/mol. The number of pyridine rings is 1. The molecule has 4 heteroatoms. The molecule has 0 atom stereocenters. The Morgan fingerprint density at radius 2 is 1.85 bits per heavy atom. The summed E-state index contributed by atoms with van der Waals surface area (Å²) in [4.78, 5) is 9.10. The van der Waals surface area contributed by atoms with Gasteiger partial charge in [0, 0.05) is 43.8 Å². The van der Waals surface area contributed by atoms with Crippen LogP contribution in [0.15, 0.2) is 48.7 Å². The van der Waals surface area contributed by atoms with E-state index in [1.165, 1.54) is 5.69 Å². The van der Waals surface area contributed by atoms with E-state index in [9.17, 15) is 0 Å². The number of rotatable bonds is 3. The Balaban J connectivity index is 1.73. The lowest BCUT2D eigenvalue weighted by Gasteiger charge is -2.34. The van der Waals surface area contributed by atoms with Crippen molar-refractivity contribution in [3.63, 3.8) is 0 Å². The molecule has 2 heterocycles. The fourth-order valence-electron chi connectivity index (χ4n) is 2.43. The molecule has 0 radical (unpaired) electrons. The van der Waals surface area contributed by atoms with E-state index < -0.39 is 0 Å². The molecule has 1 aromatic carbocycles. The molecule has 0 spiro atoms. The summed E-state index contributed by atoms with van der Waals surface area (Å²) in [6.07, 6.45) is 1.80. The van der Waals surface area contributed by atoms with Crippen LogP contribution in [0.2, 0.25) is 0 Å². The van der Waals surface area contributed by atoms with Crippen LogP contribution in [0.5, 0.6) is 0 Å². The number of anilines is 3. The normalized spacial score (nSPS) is 16.1. The van der Waals surface area contributed by atoms with Crippen LogP contribution in [-0.2, 0) is 0 Å². The van der Waals surface area contributed by atoms with Crippen molar-refractivity contribution < 1.29 is 0 Å². The molecule has 20 heavy (non-hydrogen) atoms. The third-order valence-corrected chi connectivity index (χ3v) is 3.65. The highest BCUT2D eigenvalue weighted by Crippen LogP contribution is 2.22. The lowest BCUT2D eigenvalue weighted by molar-refractivity contribution is 0.313. The zero-order chi connectivity index (χ0) is 13.8. The van der Waals surface area contributed by atoms with Crippen LogP contribution in [-0.4, -0.2) is 43.1 Å². The fourth-order valence-corrected chi connectivity index (χ4v) is 2.43. The average Bonchev–Trinajstić information content (AvgIpc) is 2.49. The van der Waals surface area contributed by atoms with Crippen LogP contribution >= 0.6 is 0 Å². The van der Waals surface area contributed by atoms with Crippen molar-refractivity contribution in [2.45, 2.75) is 0 Å². The molecule has 2 aromatic rings. The molecule has 0 saturated carbocycles. The van der Waals surface area contributed by atoms with Gasteiger partial charge < -0.3 is 15.1 Å². The summed E-state index contributed by atoms with van der Waals surface area (Å²) in [5, 5.41) is 3.34. The van der Waals surface area contributed by atoms with Crippen molar-refractivity contribution in [3.05, 3.63) is 48.7 Å². The topological polar surface area (TPSA) is 31.4 Å². The molecule has 1 aromatic heterocycles. The van der Waals surface area contributed by atoms with Crippen molar-refractivity contribution in [2.75, 3.05) is 43.4 Å². The van der Waals surface area contributed by atoms with Crippen LogP contribution in [0.1, 0.15) is 0 Å². The van der Waals surface area contributed by atoms with Gasteiger partial charge in [-0.15, -0.1) is 0 Å². The van der Waals surface area contributed by atoms with Gasteiger partial charge >= 0.3 is 0 Å². The lowest BCUT2D eigenvalue weighted by atomic mass is 10.2. The summed E-state index contributed by atoms with van der Waals surface area (Å²) in [6, 6.07) is 14.4. The molecule has 1 N–H and O–H groups in total. The Bertz CT molecular complexity index is 547. The van der Waals surface area contributed by atoms with Crippen molar-refractivity contribution in [1.82, 2.24) is 9.88 Å². The largest absolute Gasteiger partial charge is 0.369 e. The minimum absolute atomic E-state index is 0.878. The summed E-state index contributed by atoms with van der Waals surface area (Å²) >= 11 is 0. The maximum atomic E-state index is 4.29. The van der Waals surface area contributed by atoms with E-state index in [4.69, 9.17) is 0 Å². The van der Waals surface area contributed by atoms with Gasteiger partial charge in [0.05, 0.1) is 0 Å². The van der Waals surface area contributed by atoms with E-state index in [1.807, 2.05) is 18.2 Å². The van der Waals surface area contributed by atoms with Crippen LogP contribution < -0.4 is 10.2 Å². The van der Waals surface area contributed by atoms with Gasteiger partial charge in [0.15, 0.2) is 0 Å². The van der Waals surface area contributed by atoms with Gasteiger partial charge in [-0.1, -0.05) is 12.1 Å². The number of nitrogens with zero attached hydrogens (tertiary/aromatic N) is 3. The number of piperazine rings is 1. The van der Waals surface area contributed by atoms with Crippen molar-refractivity contribution in [1.29, 1.82) is 0 Å². The SMILES string of the molecule is CN1CCN(c2cccc(Nc3ccccn3)c2)CC1. The molecule has 1 aliphatic heterocycles. The smallest absolute Gasteiger partial charge is 0.130 e. The number of nitrogens with one attached hydrogen (secondary N) is 1. The monoisotopic (exact) mass is 268 g/mol. The molecule has 0 aliphatic carbocycles. The van der Waals surface area contributed by atoms with E-state index in [0.717, 1.165) is 37.7 Å². The molecular formula is C16H20N4. The molecule has 4 nitrogen and oxygen atoms in total. The van der Waals surface area contributed by atoms with E-state index in [0.29, 0.717) is 0 Å². The van der Waals surface area contributed by atoms with E-state index in [1.54, 1.807) is 6.20 Å². The fraction of sp³-hybridized carbons (Fsp3) is 0.312. The van der Waals surface area contributed by atoms with E-state index in [2.05, 4.69) is 51.4 Å². The summed E-state index contributed by atoms with van der Waals surface area (Å²) in [5.41, 5.74) is 2.36. The highest BCUT2D eigenvalue weighted by molar-refractivity contribution is 5.63. The first-order valence-corrected chi connectivity index (χ1v) is 7.03. The van der Waals surface area contributed by atoms with E-state index in [-0.39, 0.29) is 0 Å². The highest BCUT2D eigenvalue weighted by atomic mass is 15.2. The second kappa shape index (κ2) is 5.92. The van der Waals surface area contributed by atoms with Gasteiger partial charge in [0.1, 0.15) is 5.82 Å². The van der Waals surface area contributed by atoms with Crippen LogP contribution in [0.25, 0.3) is 0 Å². The quantitative estimate of drug-likeness (QED) is 0.927. The zero-order valence-electron chi connectivity index (χ0n) is 11.8.